The summed E-state index contributed by atoms with van der Waals surface area (Å²) in [6, 6.07) is 6.64. The number of carbonyl (C=O) groups is 1. The number of amides is 1. The van der Waals surface area contributed by atoms with Crippen LogP contribution in [0.15, 0.2) is 36.7 Å². The molecule has 2 aliphatic heterocycles. The van der Waals surface area contributed by atoms with Crippen molar-refractivity contribution in [3.8, 4) is 11.3 Å². The molecule has 1 fully saturated rings. The summed E-state index contributed by atoms with van der Waals surface area (Å²) in [5, 5.41) is 12.0. The first-order valence-corrected chi connectivity index (χ1v) is 12.8. The monoisotopic (exact) mass is 534 g/mol. The Hall–Kier alpha value is -4.19. The molecule has 39 heavy (non-hydrogen) atoms. The average molecular weight is 535 g/mol. The first-order chi connectivity index (χ1) is 18.7. The fourth-order valence-corrected chi connectivity index (χ4v) is 5.40. The van der Waals surface area contributed by atoms with E-state index < -0.39 is 18.2 Å². The van der Waals surface area contributed by atoms with Crippen molar-refractivity contribution < 1.29 is 18.7 Å². The Bertz CT molecular complexity index is 1560. The summed E-state index contributed by atoms with van der Waals surface area (Å²) in [5.74, 6) is -0.0453. The zero-order chi connectivity index (χ0) is 27.3. The van der Waals surface area contributed by atoms with Crippen LogP contribution in [0.5, 0.6) is 0 Å². The number of aliphatic hydroxyl groups is 1. The Kier molecular flexibility index (Phi) is 6.13. The molecule has 0 unspecified atom stereocenters. The molecule has 1 aromatic carbocycles. The Morgan fingerprint density at radius 1 is 1.05 bits per heavy atom. The standard InChI is InChI=1S/C27H28F2N8O2/c1-27(2)6-5-22-33-25-18(28)11-16(12-20(25)37(22)27)24-19(29)14-31-26(34-24)32-21-4-3-17(13-30-21)35-7-9-36(10-8-35)23(39)15-38/h3-4,11-14,38H,5-10,15H2,1-2H3,(H,30,31,32,34). The van der Waals surface area contributed by atoms with Crippen molar-refractivity contribution in [1.29, 1.82) is 0 Å². The maximum Gasteiger partial charge on any atom is 0.248 e. The number of nitrogens with zero attached hydrogens (tertiary/aromatic N) is 7. The molecule has 0 bridgehead atoms. The third kappa shape index (κ3) is 4.54. The van der Waals surface area contributed by atoms with Gasteiger partial charge in [-0.25, -0.2) is 28.7 Å². The van der Waals surface area contributed by atoms with Crippen LogP contribution in [0, 0.1) is 11.6 Å². The van der Waals surface area contributed by atoms with Gasteiger partial charge in [-0.1, -0.05) is 0 Å². The molecular formula is C27H28F2N8O2. The predicted octanol–water partition coefficient (Wildman–Crippen LogP) is 3.23. The molecule has 0 spiro atoms. The van der Waals surface area contributed by atoms with E-state index in [0.717, 1.165) is 30.6 Å². The minimum atomic E-state index is -0.665. The molecule has 3 aromatic heterocycles. The van der Waals surface area contributed by atoms with Gasteiger partial charge in [-0.15, -0.1) is 0 Å². The number of fused-ring (bicyclic) bond motifs is 3. The van der Waals surface area contributed by atoms with E-state index in [0.29, 0.717) is 43.1 Å². The zero-order valence-electron chi connectivity index (χ0n) is 21.7. The normalized spacial score (nSPS) is 16.5. The van der Waals surface area contributed by atoms with Gasteiger partial charge in [-0.2, -0.15) is 0 Å². The maximum absolute atomic E-state index is 15.1. The minimum absolute atomic E-state index is 0.0217. The molecule has 0 radical (unpaired) electrons. The summed E-state index contributed by atoms with van der Waals surface area (Å²) in [7, 11) is 0. The lowest BCUT2D eigenvalue weighted by Crippen LogP contribution is -2.49. The molecule has 5 heterocycles. The number of aromatic nitrogens is 5. The molecule has 1 saturated heterocycles. The van der Waals surface area contributed by atoms with Gasteiger partial charge < -0.3 is 24.8 Å². The van der Waals surface area contributed by atoms with Gasteiger partial charge in [0, 0.05) is 43.7 Å². The van der Waals surface area contributed by atoms with Gasteiger partial charge in [-0.3, -0.25) is 4.79 Å². The Labute approximate surface area is 223 Å². The molecule has 10 nitrogen and oxygen atoms in total. The summed E-state index contributed by atoms with van der Waals surface area (Å²) in [6.07, 6.45) is 4.41. The van der Waals surface area contributed by atoms with Gasteiger partial charge >= 0.3 is 0 Å². The van der Waals surface area contributed by atoms with Gasteiger partial charge in [0.1, 0.15) is 29.5 Å². The first-order valence-electron chi connectivity index (χ1n) is 12.8. The fourth-order valence-electron chi connectivity index (χ4n) is 5.40. The molecule has 0 atom stereocenters. The van der Waals surface area contributed by atoms with E-state index in [9.17, 15) is 9.18 Å². The lowest BCUT2D eigenvalue weighted by Gasteiger charge is -2.35. The number of aryl methyl sites for hydroxylation is 1. The van der Waals surface area contributed by atoms with Crippen LogP contribution in [-0.2, 0) is 16.8 Å². The van der Waals surface area contributed by atoms with E-state index in [1.165, 1.54) is 6.07 Å². The number of rotatable bonds is 5. The molecule has 2 aliphatic rings. The number of piperazine rings is 1. The van der Waals surface area contributed by atoms with E-state index in [1.54, 1.807) is 23.2 Å². The number of aliphatic hydroxyl groups excluding tert-OH is 1. The van der Waals surface area contributed by atoms with Crippen LogP contribution in [0.25, 0.3) is 22.3 Å². The lowest BCUT2D eigenvalue weighted by molar-refractivity contribution is -0.134. The summed E-state index contributed by atoms with van der Waals surface area (Å²) in [6.45, 7) is 5.99. The summed E-state index contributed by atoms with van der Waals surface area (Å²) < 4.78 is 32.0. The van der Waals surface area contributed by atoms with Crippen LogP contribution in [0.4, 0.5) is 26.2 Å². The van der Waals surface area contributed by atoms with E-state index in [-0.39, 0.29) is 28.6 Å². The Morgan fingerprint density at radius 3 is 2.56 bits per heavy atom. The molecule has 6 rings (SSSR count). The van der Waals surface area contributed by atoms with Crippen LogP contribution >= 0.6 is 0 Å². The van der Waals surface area contributed by atoms with Crippen molar-refractivity contribution in [2.45, 2.75) is 32.2 Å². The molecule has 12 heteroatoms. The smallest absolute Gasteiger partial charge is 0.248 e. The number of halogens is 2. The number of hydrogen-bond acceptors (Lipinski definition) is 8. The number of carbonyl (C=O) groups excluding carboxylic acids is 1. The van der Waals surface area contributed by atoms with Gasteiger partial charge in [0.15, 0.2) is 11.6 Å². The highest BCUT2D eigenvalue weighted by atomic mass is 19.1. The van der Waals surface area contributed by atoms with E-state index in [2.05, 4.69) is 44.0 Å². The molecule has 202 valence electrons. The summed E-state index contributed by atoms with van der Waals surface area (Å²) in [5.41, 5.74) is 1.85. The van der Waals surface area contributed by atoms with Crippen molar-refractivity contribution in [3.63, 3.8) is 0 Å². The van der Waals surface area contributed by atoms with Gasteiger partial charge in [0.05, 0.1) is 23.6 Å². The molecule has 2 N–H and O–H groups in total. The second-order valence-corrected chi connectivity index (χ2v) is 10.4. The first kappa shape index (κ1) is 25.1. The Balaban J connectivity index is 1.23. The quantitative estimate of drug-likeness (QED) is 0.402. The maximum atomic E-state index is 15.1. The van der Waals surface area contributed by atoms with E-state index in [1.807, 2.05) is 10.6 Å². The van der Waals surface area contributed by atoms with Gasteiger partial charge in [-0.05, 0) is 44.5 Å². The third-order valence-electron chi connectivity index (χ3n) is 7.49. The topological polar surface area (TPSA) is 112 Å². The SMILES string of the molecule is CC1(C)CCc2nc3c(F)cc(-c4nc(Nc5ccc(N6CCN(C(=O)CO)CC6)cn5)ncc4F)cc3n21. The number of pyridine rings is 1. The largest absolute Gasteiger partial charge is 0.387 e. The average Bonchev–Trinajstić information content (AvgIpc) is 3.47. The van der Waals surface area contributed by atoms with E-state index in [4.69, 9.17) is 5.11 Å². The van der Waals surface area contributed by atoms with Crippen molar-refractivity contribution in [2.24, 2.45) is 0 Å². The number of imidazole rings is 1. The number of anilines is 3. The third-order valence-corrected chi connectivity index (χ3v) is 7.49. The van der Waals surface area contributed by atoms with Crippen LogP contribution < -0.4 is 10.2 Å². The second kappa shape index (κ2) is 9.53. The van der Waals surface area contributed by atoms with Crippen molar-refractivity contribution in [2.75, 3.05) is 43.0 Å². The highest BCUT2D eigenvalue weighted by Crippen LogP contribution is 2.38. The second-order valence-electron chi connectivity index (χ2n) is 10.4. The summed E-state index contributed by atoms with van der Waals surface area (Å²) >= 11 is 0. The highest BCUT2D eigenvalue weighted by molar-refractivity contribution is 5.83. The minimum Gasteiger partial charge on any atom is -0.387 e. The van der Waals surface area contributed by atoms with Crippen LogP contribution in [-0.4, -0.2) is 73.2 Å². The van der Waals surface area contributed by atoms with Gasteiger partial charge in [0.25, 0.3) is 0 Å². The van der Waals surface area contributed by atoms with Crippen molar-refractivity contribution >= 4 is 34.4 Å². The van der Waals surface area contributed by atoms with Crippen molar-refractivity contribution in [1.82, 2.24) is 29.4 Å². The molecule has 0 saturated carbocycles. The lowest BCUT2D eigenvalue weighted by atomic mass is 10.0. The molecular weight excluding hydrogens is 506 g/mol. The Morgan fingerprint density at radius 2 is 1.85 bits per heavy atom. The van der Waals surface area contributed by atoms with Crippen LogP contribution in [0.2, 0.25) is 0 Å². The number of nitrogens with one attached hydrogen (secondary N) is 1. The van der Waals surface area contributed by atoms with Crippen LogP contribution in [0.1, 0.15) is 26.1 Å². The highest BCUT2D eigenvalue weighted by Gasteiger charge is 2.33. The number of benzene rings is 1. The molecule has 4 aromatic rings. The van der Waals surface area contributed by atoms with E-state index >= 15 is 4.39 Å². The molecule has 0 aliphatic carbocycles. The predicted molar refractivity (Wildman–Crippen MR) is 142 cm³/mol. The fraction of sp³-hybridized carbons (Fsp3) is 0.370. The zero-order valence-corrected chi connectivity index (χ0v) is 21.7. The number of hydrogen-bond donors (Lipinski definition) is 2. The van der Waals surface area contributed by atoms with Crippen molar-refractivity contribution in [3.05, 3.63) is 54.1 Å². The molecule has 1 amide bonds. The summed E-state index contributed by atoms with van der Waals surface area (Å²) in [4.78, 5) is 32.7. The van der Waals surface area contributed by atoms with Crippen LogP contribution in [0.3, 0.4) is 0 Å². The van der Waals surface area contributed by atoms with Gasteiger partial charge in [0.2, 0.25) is 11.9 Å².